The highest BCUT2D eigenvalue weighted by molar-refractivity contribution is 5.95. The van der Waals surface area contributed by atoms with Crippen LogP contribution in [0.15, 0.2) is 96.1 Å². The third kappa shape index (κ3) is 5.03. The lowest BCUT2D eigenvalue weighted by atomic mass is 10.1. The first-order valence-electron chi connectivity index (χ1n) is 10.2. The standard InChI is InChI=1S/C26H20F3N3O/c1-18-7-16-24(20-5-3-2-4-6-20)32(18)23-14-10-21(11-15-23)25(33)31-30-17-19-8-12-22(13-9-19)26(27,28)29/h2-17H,1H3,(H,31,33)/b30-17+. The van der Waals surface area contributed by atoms with Gasteiger partial charge in [-0.1, -0.05) is 42.5 Å². The molecule has 0 spiro atoms. The number of hydrazone groups is 1. The summed E-state index contributed by atoms with van der Waals surface area (Å²) in [6, 6.07) is 25.8. The second-order valence-corrected chi connectivity index (χ2v) is 7.43. The second-order valence-electron chi connectivity index (χ2n) is 7.43. The SMILES string of the molecule is Cc1ccc(-c2ccccc2)n1-c1ccc(C(=O)N/N=C/c2ccc(C(F)(F)F)cc2)cc1. The molecule has 0 unspecified atom stereocenters. The molecule has 4 aromatic rings. The molecular weight excluding hydrogens is 427 g/mol. The van der Waals surface area contributed by atoms with Crippen LogP contribution >= 0.6 is 0 Å². The van der Waals surface area contributed by atoms with Crippen LogP contribution in [0.2, 0.25) is 0 Å². The van der Waals surface area contributed by atoms with Gasteiger partial charge in [0.05, 0.1) is 17.5 Å². The van der Waals surface area contributed by atoms with E-state index in [9.17, 15) is 18.0 Å². The number of carbonyl (C=O) groups is 1. The number of aryl methyl sites for hydroxylation is 1. The summed E-state index contributed by atoms with van der Waals surface area (Å²) in [5.74, 6) is -0.419. The van der Waals surface area contributed by atoms with Gasteiger partial charge in [0.2, 0.25) is 0 Å². The molecule has 0 fully saturated rings. The van der Waals surface area contributed by atoms with E-state index in [0.29, 0.717) is 11.1 Å². The third-order valence-corrected chi connectivity index (χ3v) is 5.15. The summed E-state index contributed by atoms with van der Waals surface area (Å²) in [7, 11) is 0. The second kappa shape index (κ2) is 9.16. The topological polar surface area (TPSA) is 46.4 Å². The van der Waals surface area contributed by atoms with Crippen LogP contribution in [0.4, 0.5) is 13.2 Å². The molecule has 3 aromatic carbocycles. The zero-order valence-corrected chi connectivity index (χ0v) is 17.7. The molecule has 0 atom stereocenters. The fraction of sp³-hybridized carbons (Fsp3) is 0.0769. The Bertz CT molecular complexity index is 1270. The van der Waals surface area contributed by atoms with Crippen molar-refractivity contribution >= 4 is 12.1 Å². The van der Waals surface area contributed by atoms with Crippen LogP contribution in [-0.2, 0) is 6.18 Å². The van der Waals surface area contributed by atoms with E-state index in [2.05, 4.69) is 21.2 Å². The van der Waals surface area contributed by atoms with E-state index in [4.69, 9.17) is 0 Å². The van der Waals surface area contributed by atoms with Crippen molar-refractivity contribution in [1.29, 1.82) is 0 Å². The molecule has 1 N–H and O–H groups in total. The summed E-state index contributed by atoms with van der Waals surface area (Å²) in [6.45, 7) is 2.02. The minimum atomic E-state index is -4.39. The number of benzene rings is 3. The van der Waals surface area contributed by atoms with Crippen molar-refractivity contribution in [1.82, 2.24) is 9.99 Å². The van der Waals surface area contributed by atoms with Gasteiger partial charge in [-0.2, -0.15) is 18.3 Å². The first kappa shape index (κ1) is 22.1. The Morgan fingerprint density at radius 2 is 1.55 bits per heavy atom. The van der Waals surface area contributed by atoms with E-state index in [0.717, 1.165) is 34.8 Å². The van der Waals surface area contributed by atoms with Gasteiger partial charge in [0.25, 0.3) is 5.91 Å². The van der Waals surface area contributed by atoms with Crippen molar-refractivity contribution in [2.45, 2.75) is 13.1 Å². The molecule has 1 aromatic heterocycles. The fourth-order valence-corrected chi connectivity index (χ4v) is 3.47. The molecule has 166 valence electrons. The highest BCUT2D eigenvalue weighted by Gasteiger charge is 2.29. The Balaban J connectivity index is 1.45. The largest absolute Gasteiger partial charge is 0.416 e. The van der Waals surface area contributed by atoms with E-state index in [1.807, 2.05) is 55.5 Å². The van der Waals surface area contributed by atoms with Crippen molar-refractivity contribution in [2.24, 2.45) is 5.10 Å². The van der Waals surface area contributed by atoms with Crippen LogP contribution in [0.25, 0.3) is 16.9 Å². The normalized spacial score (nSPS) is 11.6. The van der Waals surface area contributed by atoms with Gasteiger partial charge >= 0.3 is 6.18 Å². The number of alkyl halides is 3. The highest BCUT2D eigenvalue weighted by atomic mass is 19.4. The zero-order chi connectivity index (χ0) is 23.4. The molecular formula is C26H20F3N3O. The Hall–Kier alpha value is -4.13. The van der Waals surface area contributed by atoms with Gasteiger partial charge < -0.3 is 4.57 Å². The van der Waals surface area contributed by atoms with Gasteiger partial charge in [-0.3, -0.25) is 4.79 Å². The number of aromatic nitrogens is 1. The highest BCUT2D eigenvalue weighted by Crippen LogP contribution is 2.29. The maximum atomic E-state index is 12.6. The summed E-state index contributed by atoms with van der Waals surface area (Å²) in [5.41, 5.74) is 6.62. The Labute approximate surface area is 189 Å². The number of hydrogen-bond acceptors (Lipinski definition) is 2. The summed E-state index contributed by atoms with van der Waals surface area (Å²) in [4.78, 5) is 12.4. The van der Waals surface area contributed by atoms with Crippen molar-refractivity contribution in [3.05, 3.63) is 113 Å². The maximum absolute atomic E-state index is 12.6. The predicted molar refractivity (Wildman–Crippen MR) is 122 cm³/mol. The molecule has 33 heavy (non-hydrogen) atoms. The summed E-state index contributed by atoms with van der Waals surface area (Å²) >= 11 is 0. The van der Waals surface area contributed by atoms with E-state index in [-0.39, 0.29) is 0 Å². The maximum Gasteiger partial charge on any atom is 0.416 e. The van der Waals surface area contributed by atoms with Gasteiger partial charge in [-0.05, 0) is 66.6 Å². The average molecular weight is 447 g/mol. The number of hydrogen-bond donors (Lipinski definition) is 1. The molecule has 4 rings (SSSR count). The molecule has 0 saturated heterocycles. The minimum Gasteiger partial charge on any atom is -0.314 e. The Morgan fingerprint density at radius 3 is 2.18 bits per heavy atom. The molecule has 1 heterocycles. The van der Waals surface area contributed by atoms with Crippen molar-refractivity contribution < 1.29 is 18.0 Å². The first-order valence-corrected chi connectivity index (χ1v) is 10.2. The monoisotopic (exact) mass is 447 g/mol. The quantitative estimate of drug-likeness (QED) is 0.286. The van der Waals surface area contributed by atoms with Gasteiger partial charge in [-0.15, -0.1) is 0 Å². The Kier molecular flexibility index (Phi) is 6.13. The number of nitrogens with one attached hydrogen (secondary N) is 1. The predicted octanol–water partition coefficient (Wildman–Crippen LogP) is 6.24. The van der Waals surface area contributed by atoms with Crippen LogP contribution in [0.3, 0.4) is 0 Å². The molecule has 0 aliphatic rings. The fourth-order valence-electron chi connectivity index (χ4n) is 3.47. The van der Waals surface area contributed by atoms with Crippen LogP contribution in [-0.4, -0.2) is 16.7 Å². The van der Waals surface area contributed by atoms with Crippen LogP contribution in [0, 0.1) is 6.92 Å². The van der Waals surface area contributed by atoms with Crippen molar-refractivity contribution in [3.8, 4) is 16.9 Å². The zero-order valence-electron chi connectivity index (χ0n) is 17.7. The van der Waals surface area contributed by atoms with Crippen LogP contribution < -0.4 is 5.43 Å². The molecule has 0 bridgehead atoms. The van der Waals surface area contributed by atoms with E-state index >= 15 is 0 Å². The minimum absolute atomic E-state index is 0.411. The summed E-state index contributed by atoms with van der Waals surface area (Å²) in [6.07, 6.45) is -3.10. The number of carbonyl (C=O) groups excluding carboxylic acids is 1. The molecule has 0 aliphatic heterocycles. The van der Waals surface area contributed by atoms with E-state index < -0.39 is 17.6 Å². The summed E-state index contributed by atoms with van der Waals surface area (Å²) in [5, 5.41) is 3.84. The van der Waals surface area contributed by atoms with E-state index in [1.165, 1.54) is 18.3 Å². The van der Waals surface area contributed by atoms with Crippen molar-refractivity contribution in [3.63, 3.8) is 0 Å². The summed E-state index contributed by atoms with van der Waals surface area (Å²) < 4.78 is 40.0. The van der Waals surface area contributed by atoms with Crippen molar-refractivity contribution in [2.75, 3.05) is 0 Å². The lowest BCUT2D eigenvalue weighted by Gasteiger charge is -2.12. The smallest absolute Gasteiger partial charge is 0.314 e. The molecule has 0 aliphatic carbocycles. The van der Waals surface area contributed by atoms with Gasteiger partial charge in [0.15, 0.2) is 0 Å². The van der Waals surface area contributed by atoms with Crippen LogP contribution in [0.1, 0.15) is 27.2 Å². The lowest BCUT2D eigenvalue weighted by molar-refractivity contribution is -0.137. The number of nitrogens with zero attached hydrogens (tertiary/aromatic N) is 2. The molecule has 4 nitrogen and oxygen atoms in total. The Morgan fingerprint density at radius 1 is 0.879 bits per heavy atom. The number of rotatable bonds is 5. The lowest BCUT2D eigenvalue weighted by Crippen LogP contribution is -2.17. The molecule has 7 heteroatoms. The third-order valence-electron chi connectivity index (χ3n) is 5.15. The van der Waals surface area contributed by atoms with Gasteiger partial charge in [0, 0.05) is 16.9 Å². The number of halogens is 3. The molecule has 0 saturated carbocycles. The van der Waals surface area contributed by atoms with Gasteiger partial charge in [-0.25, -0.2) is 5.43 Å². The molecule has 1 amide bonds. The molecule has 0 radical (unpaired) electrons. The van der Waals surface area contributed by atoms with E-state index in [1.54, 1.807) is 12.1 Å². The first-order chi connectivity index (χ1) is 15.8. The van der Waals surface area contributed by atoms with Crippen LogP contribution in [0.5, 0.6) is 0 Å². The number of amides is 1. The van der Waals surface area contributed by atoms with Gasteiger partial charge in [0.1, 0.15) is 0 Å². The average Bonchev–Trinajstić information content (AvgIpc) is 3.21.